The maximum atomic E-state index is 6.09. The van der Waals surface area contributed by atoms with E-state index >= 15 is 0 Å². The Labute approximate surface area is 87.4 Å². The first-order valence-electron chi connectivity index (χ1n) is 6.29. The molecule has 2 aliphatic carbocycles. The average molecular weight is 197 g/mol. The Hall–Kier alpha value is -0.0800. The van der Waals surface area contributed by atoms with E-state index in [0.717, 1.165) is 6.54 Å². The molecule has 2 saturated carbocycles. The van der Waals surface area contributed by atoms with Crippen LogP contribution in [-0.2, 0) is 4.74 Å². The molecule has 2 unspecified atom stereocenters. The normalized spacial score (nSPS) is 33.2. The lowest BCUT2D eigenvalue weighted by atomic mass is 9.96. The SMILES string of the molecule is CCCNC1CCCC1OC1CCC1. The van der Waals surface area contributed by atoms with Gasteiger partial charge in [-0.15, -0.1) is 0 Å². The standard InChI is InChI=1S/C12H23NO/c1-2-9-13-11-7-4-8-12(11)14-10-5-3-6-10/h10-13H,2-9H2,1H3. The third-order valence-corrected chi connectivity index (χ3v) is 3.53. The van der Waals surface area contributed by atoms with Crippen LogP contribution in [0.3, 0.4) is 0 Å². The minimum absolute atomic E-state index is 0.520. The summed E-state index contributed by atoms with van der Waals surface area (Å²) in [6.45, 7) is 3.37. The zero-order valence-corrected chi connectivity index (χ0v) is 9.30. The van der Waals surface area contributed by atoms with E-state index in [0.29, 0.717) is 18.2 Å². The molecule has 2 fully saturated rings. The molecule has 0 aromatic carbocycles. The van der Waals surface area contributed by atoms with Crippen LogP contribution in [0.4, 0.5) is 0 Å². The minimum atomic E-state index is 0.520. The van der Waals surface area contributed by atoms with Gasteiger partial charge in [-0.2, -0.15) is 0 Å². The van der Waals surface area contributed by atoms with Gasteiger partial charge < -0.3 is 10.1 Å². The first-order chi connectivity index (χ1) is 6.90. The zero-order chi connectivity index (χ0) is 9.80. The quantitative estimate of drug-likeness (QED) is 0.731. The highest BCUT2D eigenvalue weighted by atomic mass is 16.5. The van der Waals surface area contributed by atoms with Crippen LogP contribution in [-0.4, -0.2) is 24.8 Å². The molecule has 0 saturated heterocycles. The van der Waals surface area contributed by atoms with E-state index in [2.05, 4.69) is 12.2 Å². The Balaban J connectivity index is 1.71. The molecule has 0 aromatic rings. The molecular formula is C12H23NO. The van der Waals surface area contributed by atoms with Crippen LogP contribution in [0.25, 0.3) is 0 Å². The van der Waals surface area contributed by atoms with E-state index in [1.807, 2.05) is 0 Å². The van der Waals surface area contributed by atoms with Gasteiger partial charge in [0.25, 0.3) is 0 Å². The van der Waals surface area contributed by atoms with Crippen molar-refractivity contribution in [3.8, 4) is 0 Å². The molecule has 0 amide bonds. The number of nitrogens with one attached hydrogen (secondary N) is 1. The molecule has 2 heteroatoms. The summed E-state index contributed by atoms with van der Waals surface area (Å²) in [5.41, 5.74) is 0. The van der Waals surface area contributed by atoms with Crippen LogP contribution in [0.15, 0.2) is 0 Å². The minimum Gasteiger partial charge on any atom is -0.373 e. The van der Waals surface area contributed by atoms with Gasteiger partial charge in [0, 0.05) is 6.04 Å². The molecule has 2 atom stereocenters. The Morgan fingerprint density at radius 2 is 1.93 bits per heavy atom. The van der Waals surface area contributed by atoms with Crippen LogP contribution in [0, 0.1) is 0 Å². The van der Waals surface area contributed by atoms with Crippen LogP contribution in [0.2, 0.25) is 0 Å². The van der Waals surface area contributed by atoms with Gasteiger partial charge in [0.1, 0.15) is 0 Å². The second-order valence-electron chi connectivity index (χ2n) is 4.72. The third-order valence-electron chi connectivity index (χ3n) is 3.53. The highest BCUT2D eigenvalue weighted by Crippen LogP contribution is 2.29. The van der Waals surface area contributed by atoms with Crippen molar-refractivity contribution in [1.29, 1.82) is 0 Å². The fourth-order valence-electron chi connectivity index (χ4n) is 2.41. The summed E-state index contributed by atoms with van der Waals surface area (Å²) >= 11 is 0. The van der Waals surface area contributed by atoms with E-state index in [4.69, 9.17) is 4.74 Å². The first kappa shape index (κ1) is 10.4. The summed E-state index contributed by atoms with van der Waals surface area (Å²) < 4.78 is 6.09. The highest BCUT2D eigenvalue weighted by molar-refractivity contribution is 4.86. The predicted octanol–water partition coefficient (Wildman–Crippen LogP) is 2.48. The lowest BCUT2D eigenvalue weighted by Crippen LogP contribution is -2.40. The van der Waals surface area contributed by atoms with Gasteiger partial charge in [-0.1, -0.05) is 6.92 Å². The van der Waals surface area contributed by atoms with Crippen molar-refractivity contribution in [2.24, 2.45) is 0 Å². The second kappa shape index (κ2) is 5.13. The fraction of sp³-hybridized carbons (Fsp3) is 1.00. The lowest BCUT2D eigenvalue weighted by molar-refractivity contribution is -0.0577. The second-order valence-corrected chi connectivity index (χ2v) is 4.72. The molecule has 0 radical (unpaired) electrons. The van der Waals surface area contributed by atoms with E-state index < -0.39 is 0 Å². The maximum Gasteiger partial charge on any atom is 0.0731 e. The van der Waals surface area contributed by atoms with Crippen LogP contribution in [0.5, 0.6) is 0 Å². The smallest absolute Gasteiger partial charge is 0.0731 e. The fourth-order valence-corrected chi connectivity index (χ4v) is 2.41. The van der Waals surface area contributed by atoms with Crippen LogP contribution >= 0.6 is 0 Å². The van der Waals surface area contributed by atoms with Crippen molar-refractivity contribution in [2.45, 2.75) is 70.1 Å². The van der Waals surface area contributed by atoms with Gasteiger partial charge in [0.05, 0.1) is 12.2 Å². The summed E-state index contributed by atoms with van der Waals surface area (Å²) in [5, 5.41) is 3.61. The van der Waals surface area contributed by atoms with Gasteiger partial charge in [0.2, 0.25) is 0 Å². The van der Waals surface area contributed by atoms with E-state index in [1.54, 1.807) is 0 Å². The largest absolute Gasteiger partial charge is 0.373 e. The van der Waals surface area contributed by atoms with Gasteiger partial charge in [-0.05, 0) is 51.5 Å². The Morgan fingerprint density at radius 3 is 2.57 bits per heavy atom. The van der Waals surface area contributed by atoms with Crippen molar-refractivity contribution in [1.82, 2.24) is 5.32 Å². The van der Waals surface area contributed by atoms with Gasteiger partial charge in [0.15, 0.2) is 0 Å². The van der Waals surface area contributed by atoms with Crippen LogP contribution in [0.1, 0.15) is 51.9 Å². The summed E-state index contributed by atoms with van der Waals surface area (Å²) in [4.78, 5) is 0. The average Bonchev–Trinajstić information content (AvgIpc) is 2.55. The van der Waals surface area contributed by atoms with Gasteiger partial charge >= 0.3 is 0 Å². The molecule has 0 bridgehead atoms. The molecule has 0 spiro atoms. The van der Waals surface area contributed by atoms with Crippen molar-refractivity contribution in [3.05, 3.63) is 0 Å². The lowest BCUT2D eigenvalue weighted by Gasteiger charge is -2.31. The van der Waals surface area contributed by atoms with Crippen molar-refractivity contribution in [3.63, 3.8) is 0 Å². The van der Waals surface area contributed by atoms with E-state index in [-0.39, 0.29) is 0 Å². The topological polar surface area (TPSA) is 21.3 Å². The van der Waals surface area contributed by atoms with Crippen LogP contribution < -0.4 is 5.32 Å². The van der Waals surface area contributed by atoms with Crippen molar-refractivity contribution >= 4 is 0 Å². The first-order valence-corrected chi connectivity index (χ1v) is 6.29. The Bertz CT molecular complexity index is 168. The molecule has 2 aliphatic rings. The molecule has 2 rings (SSSR count). The molecule has 0 heterocycles. The predicted molar refractivity (Wildman–Crippen MR) is 58.4 cm³/mol. The molecule has 0 aliphatic heterocycles. The molecular weight excluding hydrogens is 174 g/mol. The summed E-state index contributed by atoms with van der Waals surface area (Å²) in [7, 11) is 0. The summed E-state index contributed by atoms with van der Waals surface area (Å²) in [6, 6.07) is 0.649. The number of hydrogen-bond acceptors (Lipinski definition) is 2. The highest BCUT2D eigenvalue weighted by Gasteiger charge is 2.31. The summed E-state index contributed by atoms with van der Waals surface area (Å²) in [6.07, 6.45) is 10.3. The monoisotopic (exact) mass is 197 g/mol. The number of hydrogen-bond donors (Lipinski definition) is 1. The van der Waals surface area contributed by atoms with Gasteiger partial charge in [-0.25, -0.2) is 0 Å². The molecule has 14 heavy (non-hydrogen) atoms. The summed E-state index contributed by atoms with van der Waals surface area (Å²) in [5.74, 6) is 0. The number of rotatable bonds is 5. The van der Waals surface area contributed by atoms with Crippen molar-refractivity contribution < 1.29 is 4.74 Å². The van der Waals surface area contributed by atoms with Gasteiger partial charge in [-0.3, -0.25) is 0 Å². The molecule has 1 N–H and O–H groups in total. The zero-order valence-electron chi connectivity index (χ0n) is 9.30. The Kier molecular flexibility index (Phi) is 3.82. The molecule has 0 aromatic heterocycles. The molecule has 82 valence electrons. The van der Waals surface area contributed by atoms with E-state index in [9.17, 15) is 0 Å². The molecule has 2 nitrogen and oxygen atoms in total. The van der Waals surface area contributed by atoms with Crippen molar-refractivity contribution in [2.75, 3.05) is 6.54 Å². The maximum absolute atomic E-state index is 6.09. The van der Waals surface area contributed by atoms with E-state index in [1.165, 1.54) is 44.9 Å². The third kappa shape index (κ3) is 2.48. The Morgan fingerprint density at radius 1 is 1.14 bits per heavy atom. The number of ether oxygens (including phenoxy) is 1.